The number of imidazole rings is 1. The lowest BCUT2D eigenvalue weighted by atomic mass is 10.2. The van der Waals surface area contributed by atoms with Gasteiger partial charge in [0.25, 0.3) is 11.2 Å². The second kappa shape index (κ2) is 7.64. The standard InChI is InChI=1S/C17H21N7O4/c1-21(2)9-8-18-16-19-14-13(15(25)20-17(26)22(14)3)23(16)10-11-4-6-12(7-5-11)24(27)28/h4-7H,8-10H2,1-3H3,(H,18,19)(H,20,25,26)/p+1. The van der Waals surface area contributed by atoms with E-state index in [0.29, 0.717) is 12.5 Å². The number of likely N-dealkylation sites (N-methyl/N-ethyl adjacent to an activating group) is 1. The monoisotopic (exact) mass is 388 g/mol. The molecule has 11 heteroatoms. The summed E-state index contributed by atoms with van der Waals surface area (Å²) in [4.78, 5) is 42.7. The van der Waals surface area contributed by atoms with Gasteiger partial charge in [0.2, 0.25) is 5.95 Å². The lowest BCUT2D eigenvalue weighted by Gasteiger charge is -2.12. The van der Waals surface area contributed by atoms with Crippen LogP contribution in [0, 0.1) is 10.1 Å². The minimum Gasteiger partial charge on any atom is -0.350 e. The maximum atomic E-state index is 12.5. The molecule has 0 atom stereocenters. The van der Waals surface area contributed by atoms with Crippen molar-refractivity contribution >= 4 is 22.8 Å². The highest BCUT2D eigenvalue weighted by molar-refractivity contribution is 5.74. The van der Waals surface area contributed by atoms with E-state index in [9.17, 15) is 19.7 Å². The van der Waals surface area contributed by atoms with Crippen LogP contribution in [0.1, 0.15) is 5.56 Å². The molecule has 0 aliphatic carbocycles. The van der Waals surface area contributed by atoms with Gasteiger partial charge in [-0.2, -0.15) is 4.98 Å². The molecule has 0 spiro atoms. The summed E-state index contributed by atoms with van der Waals surface area (Å²) < 4.78 is 2.96. The molecule has 2 aromatic heterocycles. The number of nitrogens with one attached hydrogen (secondary N) is 3. The number of nitro benzene ring substituents is 1. The summed E-state index contributed by atoms with van der Waals surface area (Å²) >= 11 is 0. The van der Waals surface area contributed by atoms with Gasteiger partial charge in [0, 0.05) is 19.2 Å². The predicted octanol–water partition coefficient (Wildman–Crippen LogP) is -1.06. The van der Waals surface area contributed by atoms with Crippen molar-refractivity contribution in [3.05, 3.63) is 60.8 Å². The zero-order valence-corrected chi connectivity index (χ0v) is 15.9. The van der Waals surface area contributed by atoms with Gasteiger partial charge in [0.15, 0.2) is 11.2 Å². The number of aromatic amines is 1. The summed E-state index contributed by atoms with van der Waals surface area (Å²) in [5.41, 5.74) is 0.224. The fourth-order valence-corrected chi connectivity index (χ4v) is 2.85. The molecule has 2 heterocycles. The summed E-state index contributed by atoms with van der Waals surface area (Å²) in [5.74, 6) is 0.460. The van der Waals surface area contributed by atoms with E-state index >= 15 is 0 Å². The largest absolute Gasteiger partial charge is 0.350 e. The third-order valence-corrected chi connectivity index (χ3v) is 4.40. The van der Waals surface area contributed by atoms with Crippen LogP contribution in [0.3, 0.4) is 0 Å². The van der Waals surface area contributed by atoms with Crippen LogP contribution in [-0.4, -0.2) is 51.2 Å². The average molecular weight is 388 g/mol. The van der Waals surface area contributed by atoms with E-state index in [1.54, 1.807) is 16.7 Å². The van der Waals surface area contributed by atoms with Crippen molar-refractivity contribution in [3.63, 3.8) is 0 Å². The predicted molar refractivity (Wildman–Crippen MR) is 104 cm³/mol. The second-order valence-corrected chi connectivity index (χ2v) is 6.82. The summed E-state index contributed by atoms with van der Waals surface area (Å²) in [6, 6.07) is 6.09. The van der Waals surface area contributed by atoms with Crippen molar-refractivity contribution in [2.24, 2.45) is 7.05 Å². The van der Waals surface area contributed by atoms with Crippen LogP contribution in [0.4, 0.5) is 11.6 Å². The molecule has 3 aromatic rings. The Kier molecular flexibility index (Phi) is 5.27. The van der Waals surface area contributed by atoms with E-state index in [2.05, 4.69) is 15.3 Å². The minimum atomic E-state index is -0.540. The number of hydrogen-bond donors (Lipinski definition) is 3. The van der Waals surface area contributed by atoms with Gasteiger partial charge in [0.1, 0.15) is 0 Å². The lowest BCUT2D eigenvalue weighted by Crippen LogP contribution is -3.06. The maximum Gasteiger partial charge on any atom is 0.329 e. The summed E-state index contributed by atoms with van der Waals surface area (Å²) in [6.07, 6.45) is 0. The first-order valence-corrected chi connectivity index (χ1v) is 8.73. The Morgan fingerprint density at radius 1 is 1.25 bits per heavy atom. The van der Waals surface area contributed by atoms with Gasteiger partial charge in [-0.15, -0.1) is 0 Å². The van der Waals surface area contributed by atoms with Gasteiger partial charge in [-0.05, 0) is 5.56 Å². The number of rotatable bonds is 7. The molecule has 3 rings (SSSR count). The molecule has 28 heavy (non-hydrogen) atoms. The molecule has 0 unspecified atom stereocenters. The van der Waals surface area contributed by atoms with Gasteiger partial charge < -0.3 is 10.2 Å². The van der Waals surface area contributed by atoms with Crippen molar-refractivity contribution in [2.75, 3.05) is 32.5 Å². The molecule has 0 aliphatic heterocycles. The van der Waals surface area contributed by atoms with E-state index in [-0.39, 0.29) is 23.4 Å². The first-order chi connectivity index (χ1) is 13.3. The number of fused-ring (bicyclic) bond motifs is 1. The van der Waals surface area contributed by atoms with Crippen molar-refractivity contribution in [3.8, 4) is 0 Å². The number of aromatic nitrogens is 4. The fourth-order valence-electron chi connectivity index (χ4n) is 2.85. The molecular weight excluding hydrogens is 366 g/mol. The quantitative estimate of drug-likeness (QED) is 0.349. The molecule has 0 bridgehead atoms. The van der Waals surface area contributed by atoms with Crippen molar-refractivity contribution in [1.82, 2.24) is 19.1 Å². The molecular formula is C17H22N7O4+. The molecule has 0 saturated heterocycles. The van der Waals surface area contributed by atoms with Crippen molar-refractivity contribution in [2.45, 2.75) is 6.54 Å². The number of H-pyrrole nitrogens is 1. The van der Waals surface area contributed by atoms with Crippen LogP contribution >= 0.6 is 0 Å². The van der Waals surface area contributed by atoms with Crippen LogP contribution in [0.2, 0.25) is 0 Å². The fraction of sp³-hybridized carbons (Fsp3) is 0.353. The summed E-state index contributed by atoms with van der Waals surface area (Å²) in [7, 11) is 5.59. The van der Waals surface area contributed by atoms with E-state index < -0.39 is 16.2 Å². The van der Waals surface area contributed by atoms with E-state index in [1.807, 2.05) is 14.1 Å². The molecule has 148 valence electrons. The van der Waals surface area contributed by atoms with Gasteiger partial charge in [-0.25, -0.2) is 4.79 Å². The normalized spacial score (nSPS) is 11.3. The van der Waals surface area contributed by atoms with Gasteiger partial charge in [-0.3, -0.25) is 29.0 Å². The Morgan fingerprint density at radius 2 is 1.93 bits per heavy atom. The highest BCUT2D eigenvalue weighted by Crippen LogP contribution is 2.19. The van der Waals surface area contributed by atoms with Gasteiger partial charge >= 0.3 is 5.69 Å². The van der Waals surface area contributed by atoms with Crippen LogP contribution < -0.4 is 21.5 Å². The van der Waals surface area contributed by atoms with Crippen LogP contribution in [0.5, 0.6) is 0 Å². The number of aryl methyl sites for hydroxylation is 1. The zero-order chi connectivity index (χ0) is 20.4. The zero-order valence-electron chi connectivity index (χ0n) is 15.9. The highest BCUT2D eigenvalue weighted by atomic mass is 16.6. The number of nitro groups is 1. The van der Waals surface area contributed by atoms with Crippen LogP contribution in [0.15, 0.2) is 33.9 Å². The average Bonchev–Trinajstić information content (AvgIpc) is 2.99. The minimum absolute atomic E-state index is 0.00760. The SMILES string of the molecule is Cn1c(=O)[nH]c(=O)c2c1nc(NCC[NH+](C)C)n2Cc1ccc([N+](=O)[O-])cc1. The molecule has 11 nitrogen and oxygen atoms in total. The van der Waals surface area contributed by atoms with Crippen molar-refractivity contribution in [1.29, 1.82) is 0 Å². The van der Waals surface area contributed by atoms with Crippen molar-refractivity contribution < 1.29 is 9.82 Å². The molecule has 3 N–H and O–H groups in total. The number of benzene rings is 1. The van der Waals surface area contributed by atoms with Crippen LogP contribution in [-0.2, 0) is 13.6 Å². The summed E-state index contributed by atoms with van der Waals surface area (Å²) in [5, 5.41) is 14.1. The molecule has 0 radical (unpaired) electrons. The maximum absolute atomic E-state index is 12.5. The third kappa shape index (κ3) is 3.78. The lowest BCUT2D eigenvalue weighted by molar-refractivity contribution is -0.856. The molecule has 0 amide bonds. The van der Waals surface area contributed by atoms with E-state index in [0.717, 1.165) is 12.1 Å². The molecule has 1 aromatic carbocycles. The van der Waals surface area contributed by atoms with Gasteiger partial charge in [0.05, 0.1) is 38.7 Å². The topological polar surface area (TPSA) is 132 Å². The Morgan fingerprint density at radius 3 is 2.54 bits per heavy atom. The summed E-state index contributed by atoms with van der Waals surface area (Å²) in [6.45, 7) is 1.72. The number of nitrogens with zero attached hydrogens (tertiary/aromatic N) is 4. The Bertz CT molecular complexity index is 1130. The number of anilines is 1. The Balaban J connectivity index is 2.06. The Labute approximate surface area is 159 Å². The number of hydrogen-bond acceptors (Lipinski definition) is 6. The van der Waals surface area contributed by atoms with E-state index in [4.69, 9.17) is 0 Å². The molecule has 0 fully saturated rings. The van der Waals surface area contributed by atoms with E-state index in [1.165, 1.54) is 28.6 Å². The number of non-ortho nitro benzene ring substituents is 1. The molecule has 0 aliphatic rings. The molecule has 0 saturated carbocycles. The Hall–Kier alpha value is -3.47. The first-order valence-electron chi connectivity index (χ1n) is 8.73. The van der Waals surface area contributed by atoms with Gasteiger partial charge in [-0.1, -0.05) is 12.1 Å². The van der Waals surface area contributed by atoms with Crippen LogP contribution in [0.25, 0.3) is 11.2 Å². The highest BCUT2D eigenvalue weighted by Gasteiger charge is 2.18. The first kappa shape index (κ1) is 19.3. The second-order valence-electron chi connectivity index (χ2n) is 6.82. The third-order valence-electron chi connectivity index (χ3n) is 4.40. The smallest absolute Gasteiger partial charge is 0.329 e. The number of quaternary nitrogens is 1.